The summed E-state index contributed by atoms with van der Waals surface area (Å²) in [4.78, 5) is 0. The number of hydrogen-bond donors (Lipinski definition) is 1. The van der Waals surface area contributed by atoms with Gasteiger partial charge < -0.3 is 5.32 Å². The van der Waals surface area contributed by atoms with E-state index >= 15 is 0 Å². The molecule has 0 saturated carbocycles. The van der Waals surface area contributed by atoms with E-state index in [1.807, 2.05) is 18.2 Å². The van der Waals surface area contributed by atoms with E-state index in [9.17, 15) is 0 Å². The second-order valence-electron chi connectivity index (χ2n) is 5.10. The van der Waals surface area contributed by atoms with E-state index in [0.29, 0.717) is 5.92 Å². The molecule has 19 heavy (non-hydrogen) atoms. The highest BCUT2D eigenvalue weighted by Gasteiger charge is 2.01. The summed E-state index contributed by atoms with van der Waals surface area (Å²) in [5.74, 6) is 0.555. The van der Waals surface area contributed by atoms with Crippen LogP contribution in [0.2, 0.25) is 0 Å². The van der Waals surface area contributed by atoms with Gasteiger partial charge in [0.05, 0.1) is 0 Å². The summed E-state index contributed by atoms with van der Waals surface area (Å²) in [5.41, 5.74) is 4.81. The first-order chi connectivity index (χ1) is 9.16. The lowest BCUT2D eigenvalue weighted by molar-refractivity contribution is 0.867. The first-order valence-corrected chi connectivity index (χ1v) is 6.74. The van der Waals surface area contributed by atoms with Crippen LogP contribution in [0.4, 0.5) is 5.69 Å². The van der Waals surface area contributed by atoms with E-state index in [2.05, 4.69) is 62.1 Å². The van der Waals surface area contributed by atoms with Gasteiger partial charge in [-0.05, 0) is 34.8 Å². The summed E-state index contributed by atoms with van der Waals surface area (Å²) >= 11 is 0. The molecule has 0 saturated heterocycles. The van der Waals surface area contributed by atoms with Gasteiger partial charge in [-0.2, -0.15) is 0 Å². The molecule has 0 bridgehead atoms. The van der Waals surface area contributed by atoms with Crippen molar-refractivity contribution in [2.45, 2.75) is 19.8 Å². The van der Waals surface area contributed by atoms with E-state index in [-0.39, 0.29) is 0 Å². The van der Waals surface area contributed by atoms with Crippen molar-refractivity contribution in [1.29, 1.82) is 0 Å². The Morgan fingerprint density at radius 1 is 1.05 bits per heavy atom. The third kappa shape index (κ3) is 3.72. The van der Waals surface area contributed by atoms with Crippen LogP contribution in [0.5, 0.6) is 0 Å². The number of hydrogen-bond acceptors (Lipinski definition) is 1. The number of anilines is 1. The quantitative estimate of drug-likeness (QED) is 0.794. The third-order valence-corrected chi connectivity index (χ3v) is 3.24. The van der Waals surface area contributed by atoms with Gasteiger partial charge >= 0.3 is 0 Å². The van der Waals surface area contributed by atoms with Crippen LogP contribution >= 0.6 is 0 Å². The summed E-state index contributed by atoms with van der Waals surface area (Å²) in [6, 6.07) is 18.9. The third-order valence-electron chi connectivity index (χ3n) is 3.24. The molecule has 0 spiro atoms. The van der Waals surface area contributed by atoms with E-state index in [1.54, 1.807) is 0 Å². The lowest BCUT2D eigenvalue weighted by Gasteiger charge is -2.12. The fraction of sp³-hybridized carbons (Fsp3) is 0.222. The van der Waals surface area contributed by atoms with Crippen LogP contribution < -0.4 is 5.32 Å². The zero-order chi connectivity index (χ0) is 13.7. The molecular weight excluding hydrogens is 230 g/mol. The van der Waals surface area contributed by atoms with Crippen molar-refractivity contribution >= 4 is 11.3 Å². The van der Waals surface area contributed by atoms with Crippen LogP contribution in [0.1, 0.15) is 30.9 Å². The minimum atomic E-state index is 0.555. The Balaban J connectivity index is 1.99. The van der Waals surface area contributed by atoms with E-state index in [1.165, 1.54) is 11.1 Å². The maximum absolute atomic E-state index is 4.14. The minimum Gasteiger partial charge on any atom is -0.381 e. The Labute approximate surface area is 116 Å². The highest BCUT2D eigenvalue weighted by molar-refractivity contribution is 5.67. The Hall–Kier alpha value is -2.02. The minimum absolute atomic E-state index is 0.555. The van der Waals surface area contributed by atoms with Crippen LogP contribution in [-0.2, 0) is 0 Å². The monoisotopic (exact) mass is 251 g/mol. The maximum Gasteiger partial charge on any atom is 0.0400 e. The van der Waals surface area contributed by atoms with Gasteiger partial charge in [-0.15, -0.1) is 0 Å². The smallest absolute Gasteiger partial charge is 0.0400 e. The first-order valence-electron chi connectivity index (χ1n) is 6.74. The topological polar surface area (TPSA) is 12.0 Å². The van der Waals surface area contributed by atoms with Gasteiger partial charge in [0.1, 0.15) is 0 Å². The average Bonchev–Trinajstić information content (AvgIpc) is 2.46. The molecule has 0 heterocycles. The molecular formula is C18H21N. The average molecular weight is 251 g/mol. The second kappa shape index (κ2) is 6.24. The van der Waals surface area contributed by atoms with E-state index in [4.69, 9.17) is 0 Å². The van der Waals surface area contributed by atoms with Gasteiger partial charge in [0.15, 0.2) is 0 Å². The fourth-order valence-electron chi connectivity index (χ4n) is 1.99. The zero-order valence-electron chi connectivity index (χ0n) is 11.7. The van der Waals surface area contributed by atoms with E-state index < -0.39 is 0 Å². The van der Waals surface area contributed by atoms with Crippen molar-refractivity contribution < 1.29 is 0 Å². The van der Waals surface area contributed by atoms with Gasteiger partial charge in [-0.1, -0.05) is 62.9 Å². The van der Waals surface area contributed by atoms with Crippen LogP contribution in [0, 0.1) is 0 Å². The summed E-state index contributed by atoms with van der Waals surface area (Å²) in [5, 5.41) is 3.44. The normalized spacial score (nSPS) is 10.5. The molecule has 0 amide bonds. The first kappa shape index (κ1) is 13.4. The Kier molecular flexibility index (Phi) is 4.40. The van der Waals surface area contributed by atoms with Crippen LogP contribution in [0.25, 0.3) is 5.57 Å². The molecule has 2 rings (SSSR count). The maximum atomic E-state index is 4.14. The predicted octanol–water partition coefficient (Wildman–Crippen LogP) is 4.94. The van der Waals surface area contributed by atoms with Gasteiger partial charge in [0, 0.05) is 12.2 Å². The Bertz CT molecular complexity index is 541. The van der Waals surface area contributed by atoms with Crippen molar-refractivity contribution in [2.75, 3.05) is 11.9 Å². The molecule has 98 valence electrons. The largest absolute Gasteiger partial charge is 0.381 e. The molecule has 0 fully saturated rings. The Morgan fingerprint density at radius 2 is 1.79 bits per heavy atom. The molecule has 0 aliphatic heterocycles. The highest BCUT2D eigenvalue weighted by atomic mass is 14.9. The SMILES string of the molecule is C=C(CNc1cccc(C(C)C)c1)c1ccccc1. The van der Waals surface area contributed by atoms with Crippen molar-refractivity contribution in [3.05, 3.63) is 72.3 Å². The number of rotatable bonds is 5. The van der Waals surface area contributed by atoms with Crippen molar-refractivity contribution in [2.24, 2.45) is 0 Å². The molecule has 1 nitrogen and oxygen atoms in total. The van der Waals surface area contributed by atoms with Gasteiger partial charge in [0.25, 0.3) is 0 Å². The molecule has 0 unspecified atom stereocenters. The summed E-state index contributed by atoms with van der Waals surface area (Å²) in [7, 11) is 0. The van der Waals surface area contributed by atoms with Gasteiger partial charge in [-0.3, -0.25) is 0 Å². The highest BCUT2D eigenvalue weighted by Crippen LogP contribution is 2.19. The summed E-state index contributed by atoms with van der Waals surface area (Å²) in [6.45, 7) is 9.33. The standard InChI is InChI=1S/C18H21N/c1-14(2)17-10-7-11-18(12-17)19-13-15(3)16-8-5-4-6-9-16/h4-12,14,19H,3,13H2,1-2H3. The summed E-state index contributed by atoms with van der Waals surface area (Å²) < 4.78 is 0. The second-order valence-corrected chi connectivity index (χ2v) is 5.10. The molecule has 0 atom stereocenters. The molecule has 1 N–H and O–H groups in total. The van der Waals surface area contributed by atoms with Gasteiger partial charge in [-0.25, -0.2) is 0 Å². The molecule has 0 aromatic heterocycles. The predicted molar refractivity (Wildman–Crippen MR) is 84.5 cm³/mol. The Morgan fingerprint density at radius 3 is 2.47 bits per heavy atom. The number of nitrogens with one attached hydrogen (secondary N) is 1. The van der Waals surface area contributed by atoms with Crippen molar-refractivity contribution in [3.8, 4) is 0 Å². The van der Waals surface area contributed by atoms with Crippen molar-refractivity contribution in [1.82, 2.24) is 0 Å². The van der Waals surface area contributed by atoms with Crippen LogP contribution in [0.3, 0.4) is 0 Å². The molecule has 1 heteroatoms. The fourth-order valence-corrected chi connectivity index (χ4v) is 1.99. The van der Waals surface area contributed by atoms with Crippen LogP contribution in [-0.4, -0.2) is 6.54 Å². The molecule has 2 aromatic carbocycles. The lowest BCUT2D eigenvalue weighted by Crippen LogP contribution is -2.03. The molecule has 0 aliphatic carbocycles. The zero-order valence-corrected chi connectivity index (χ0v) is 11.7. The molecule has 2 aromatic rings. The van der Waals surface area contributed by atoms with E-state index in [0.717, 1.165) is 17.8 Å². The summed E-state index contributed by atoms with van der Waals surface area (Å²) in [6.07, 6.45) is 0. The van der Waals surface area contributed by atoms with Gasteiger partial charge in [0.2, 0.25) is 0 Å². The van der Waals surface area contributed by atoms with Crippen molar-refractivity contribution in [3.63, 3.8) is 0 Å². The molecule has 0 aliphatic rings. The lowest BCUT2D eigenvalue weighted by atomic mass is 10.0. The molecule has 0 radical (unpaired) electrons. The van der Waals surface area contributed by atoms with Crippen LogP contribution in [0.15, 0.2) is 61.2 Å². The number of benzene rings is 2.